The molecule has 1 aliphatic heterocycles. The molecule has 1 unspecified atom stereocenters. The quantitative estimate of drug-likeness (QED) is 0.330. The molecule has 148 valence electrons. The van der Waals surface area contributed by atoms with E-state index in [-0.39, 0.29) is 11.9 Å². The summed E-state index contributed by atoms with van der Waals surface area (Å²) in [5, 5.41) is 3.01. The average Bonchev–Trinajstić information content (AvgIpc) is 2.72. The van der Waals surface area contributed by atoms with E-state index >= 15 is 0 Å². The Morgan fingerprint density at radius 1 is 0.926 bits per heavy atom. The lowest BCUT2D eigenvalue weighted by Crippen LogP contribution is -2.19. The zero-order chi connectivity index (χ0) is 19.2. The maximum atomic E-state index is 12.5. The summed E-state index contributed by atoms with van der Waals surface area (Å²) in [5.41, 5.74) is 1.79. The van der Waals surface area contributed by atoms with Crippen molar-refractivity contribution in [3.05, 3.63) is 59.9 Å². The van der Waals surface area contributed by atoms with E-state index in [1.165, 1.54) is 51.4 Å². The molecule has 3 nitrogen and oxygen atoms in total. The molecule has 0 bridgehead atoms. The number of rotatable bonds is 13. The molecule has 0 aliphatic carbocycles. The van der Waals surface area contributed by atoms with Gasteiger partial charge in [-0.3, -0.25) is 0 Å². The number of hydrogen-bond donors (Lipinski definition) is 1. The van der Waals surface area contributed by atoms with Gasteiger partial charge in [-0.15, -0.1) is 0 Å². The highest BCUT2D eigenvalue weighted by Crippen LogP contribution is 2.28. The number of nitrogens with one attached hydrogen (secondary N) is 1. The summed E-state index contributed by atoms with van der Waals surface area (Å²) in [6, 6.07) is 10.1. The Morgan fingerprint density at radius 2 is 1.56 bits per heavy atom. The molecule has 2 rings (SSSR count). The van der Waals surface area contributed by atoms with Crippen molar-refractivity contribution in [2.24, 2.45) is 0 Å². The Labute approximate surface area is 164 Å². The van der Waals surface area contributed by atoms with Crippen molar-refractivity contribution in [1.29, 1.82) is 0 Å². The second-order valence-electron chi connectivity index (χ2n) is 7.33. The van der Waals surface area contributed by atoms with Gasteiger partial charge in [0.2, 0.25) is 0 Å². The summed E-state index contributed by atoms with van der Waals surface area (Å²) in [6.45, 7) is 2.77. The highest BCUT2D eigenvalue weighted by Gasteiger charge is 2.23. The second-order valence-corrected chi connectivity index (χ2v) is 7.33. The molecule has 1 aromatic carbocycles. The van der Waals surface area contributed by atoms with Gasteiger partial charge in [0.15, 0.2) is 0 Å². The van der Waals surface area contributed by atoms with Crippen LogP contribution in [0, 0.1) is 0 Å². The molecule has 1 aromatic rings. The normalized spacial score (nSPS) is 15.9. The molecular weight excluding hydrogens is 334 g/mol. The highest BCUT2D eigenvalue weighted by molar-refractivity contribution is 5.91. The van der Waals surface area contributed by atoms with Crippen LogP contribution in [0.2, 0.25) is 0 Å². The Hall–Kier alpha value is -2.03. The smallest absolute Gasteiger partial charge is 0.336 e. The molecule has 0 radical (unpaired) electrons. The highest BCUT2D eigenvalue weighted by atomic mass is 16.5. The van der Waals surface area contributed by atoms with E-state index in [1.807, 2.05) is 42.6 Å². The van der Waals surface area contributed by atoms with Crippen LogP contribution < -0.4 is 5.32 Å². The first-order valence-electron chi connectivity index (χ1n) is 10.7. The number of allylic oxidation sites excluding steroid dienone is 1. The van der Waals surface area contributed by atoms with Crippen molar-refractivity contribution < 1.29 is 9.53 Å². The fourth-order valence-corrected chi connectivity index (χ4v) is 3.46. The minimum absolute atomic E-state index is 0.0346. The Morgan fingerprint density at radius 3 is 2.22 bits per heavy atom. The molecular formula is C24H35NO2. The number of benzene rings is 1. The minimum Gasteiger partial charge on any atom is -0.462 e. The average molecular weight is 370 g/mol. The summed E-state index contributed by atoms with van der Waals surface area (Å²) in [5.74, 6) is -0.246. The second kappa shape index (κ2) is 13.2. The molecule has 0 amide bonds. The minimum atomic E-state index is -0.211. The van der Waals surface area contributed by atoms with Crippen LogP contribution in [0.4, 0.5) is 0 Å². The Kier molecular flexibility index (Phi) is 10.4. The van der Waals surface area contributed by atoms with Crippen LogP contribution in [0.25, 0.3) is 0 Å². The zero-order valence-corrected chi connectivity index (χ0v) is 16.8. The van der Waals surface area contributed by atoms with Crippen LogP contribution in [0.1, 0.15) is 82.6 Å². The summed E-state index contributed by atoms with van der Waals surface area (Å²) in [7, 11) is 0. The summed E-state index contributed by atoms with van der Waals surface area (Å²) >= 11 is 0. The number of carbonyl (C=O) groups is 1. The van der Waals surface area contributed by atoms with E-state index < -0.39 is 0 Å². The molecule has 1 atom stereocenters. The lowest BCUT2D eigenvalue weighted by molar-refractivity contribution is -0.139. The third-order valence-electron chi connectivity index (χ3n) is 5.08. The van der Waals surface area contributed by atoms with Crippen molar-refractivity contribution >= 4 is 5.97 Å². The predicted octanol–water partition coefficient (Wildman–Crippen LogP) is 6.24. The Balaban J connectivity index is 1.59. The number of dihydropyridines is 1. The van der Waals surface area contributed by atoms with Crippen molar-refractivity contribution in [2.45, 2.75) is 77.0 Å². The van der Waals surface area contributed by atoms with Gasteiger partial charge in [-0.25, -0.2) is 4.79 Å². The van der Waals surface area contributed by atoms with E-state index in [9.17, 15) is 4.79 Å². The molecule has 1 heterocycles. The molecule has 3 heteroatoms. The summed E-state index contributed by atoms with van der Waals surface area (Å²) in [6.07, 6.45) is 18.4. The first-order valence-corrected chi connectivity index (χ1v) is 10.7. The number of esters is 1. The van der Waals surface area contributed by atoms with Gasteiger partial charge in [0.05, 0.1) is 12.2 Å². The van der Waals surface area contributed by atoms with Crippen molar-refractivity contribution in [3.8, 4) is 0 Å². The lowest BCUT2D eigenvalue weighted by atomic mass is 9.90. The third kappa shape index (κ3) is 8.03. The maximum Gasteiger partial charge on any atom is 0.336 e. The maximum absolute atomic E-state index is 12.5. The third-order valence-corrected chi connectivity index (χ3v) is 5.08. The molecule has 0 aromatic heterocycles. The van der Waals surface area contributed by atoms with Gasteiger partial charge in [-0.05, 0) is 18.2 Å². The summed E-state index contributed by atoms with van der Waals surface area (Å²) in [4.78, 5) is 12.5. The van der Waals surface area contributed by atoms with E-state index in [4.69, 9.17) is 4.74 Å². The fourth-order valence-electron chi connectivity index (χ4n) is 3.46. The van der Waals surface area contributed by atoms with Crippen LogP contribution in [0.5, 0.6) is 0 Å². The van der Waals surface area contributed by atoms with E-state index in [1.54, 1.807) is 6.20 Å². The van der Waals surface area contributed by atoms with Crippen LogP contribution in [0.3, 0.4) is 0 Å². The topological polar surface area (TPSA) is 38.3 Å². The molecule has 1 aliphatic rings. The van der Waals surface area contributed by atoms with E-state index in [0.29, 0.717) is 12.2 Å². The van der Waals surface area contributed by atoms with E-state index in [0.717, 1.165) is 18.4 Å². The van der Waals surface area contributed by atoms with Gasteiger partial charge in [0.1, 0.15) is 0 Å². The lowest BCUT2D eigenvalue weighted by Gasteiger charge is -2.19. The van der Waals surface area contributed by atoms with Gasteiger partial charge < -0.3 is 10.1 Å². The van der Waals surface area contributed by atoms with Crippen molar-refractivity contribution in [3.63, 3.8) is 0 Å². The van der Waals surface area contributed by atoms with Gasteiger partial charge >= 0.3 is 5.97 Å². The van der Waals surface area contributed by atoms with E-state index in [2.05, 4.69) is 12.2 Å². The predicted molar refractivity (Wildman–Crippen MR) is 112 cm³/mol. The van der Waals surface area contributed by atoms with Crippen LogP contribution in [-0.2, 0) is 9.53 Å². The molecule has 27 heavy (non-hydrogen) atoms. The number of carbonyl (C=O) groups excluding carboxylic acids is 1. The largest absolute Gasteiger partial charge is 0.462 e. The number of ether oxygens (including phenoxy) is 1. The van der Waals surface area contributed by atoms with Gasteiger partial charge in [-0.2, -0.15) is 0 Å². The number of hydrogen-bond acceptors (Lipinski definition) is 3. The van der Waals surface area contributed by atoms with Crippen LogP contribution in [0.15, 0.2) is 54.4 Å². The SMILES string of the molecule is CCCCCCCCCCCCOC(=O)C1=CNC=CC1c1ccccc1. The molecule has 1 N–H and O–H groups in total. The summed E-state index contributed by atoms with van der Waals surface area (Å²) < 4.78 is 5.52. The van der Waals surface area contributed by atoms with Gasteiger partial charge in [-0.1, -0.05) is 101 Å². The molecule has 0 saturated carbocycles. The first-order chi connectivity index (χ1) is 13.3. The van der Waals surface area contributed by atoms with Gasteiger partial charge in [0.25, 0.3) is 0 Å². The first kappa shape index (κ1) is 21.3. The fraction of sp³-hybridized carbons (Fsp3) is 0.542. The zero-order valence-electron chi connectivity index (χ0n) is 16.8. The molecule has 0 fully saturated rings. The molecule has 0 spiro atoms. The van der Waals surface area contributed by atoms with Gasteiger partial charge in [0, 0.05) is 12.1 Å². The van der Waals surface area contributed by atoms with Crippen LogP contribution in [-0.4, -0.2) is 12.6 Å². The standard InChI is InChI=1S/C24H35NO2/c1-2-3-4-5-6-7-8-9-10-14-19-27-24(26)23-20-25-18-17-22(23)21-15-12-11-13-16-21/h11-13,15-18,20,22,25H,2-10,14,19H2,1H3. The molecule has 0 saturated heterocycles. The monoisotopic (exact) mass is 369 g/mol. The van der Waals surface area contributed by atoms with Crippen molar-refractivity contribution in [2.75, 3.05) is 6.61 Å². The Bertz CT molecular complexity index is 592. The number of unbranched alkanes of at least 4 members (excludes halogenated alkanes) is 9. The van der Waals surface area contributed by atoms with Crippen molar-refractivity contribution in [1.82, 2.24) is 5.32 Å². The van der Waals surface area contributed by atoms with Crippen LogP contribution >= 0.6 is 0 Å².